The van der Waals surface area contributed by atoms with Gasteiger partial charge in [0.25, 0.3) is 11.5 Å². The number of benzene rings is 2. The minimum atomic E-state index is -0.351. The van der Waals surface area contributed by atoms with Crippen LogP contribution in [0.2, 0.25) is 0 Å². The van der Waals surface area contributed by atoms with Crippen molar-refractivity contribution in [3.05, 3.63) is 87.3 Å². The highest BCUT2D eigenvalue weighted by atomic mass is 16.1. The third-order valence-electron chi connectivity index (χ3n) is 4.84. The summed E-state index contributed by atoms with van der Waals surface area (Å²) in [4.78, 5) is 20.6. The first-order chi connectivity index (χ1) is 13.0. The SMILES string of the molecule is Cc1cc(=O)n2c(n1)NC(Nc1cccc(C)c1C)=[NH+][C@H]2c1ccccc1. The lowest BCUT2D eigenvalue weighted by molar-refractivity contribution is -0.520. The van der Waals surface area contributed by atoms with Crippen LogP contribution in [0.5, 0.6) is 0 Å². The van der Waals surface area contributed by atoms with E-state index < -0.39 is 0 Å². The highest BCUT2D eigenvalue weighted by Gasteiger charge is 2.29. The maximum Gasteiger partial charge on any atom is 0.357 e. The summed E-state index contributed by atoms with van der Waals surface area (Å²) in [5, 5.41) is 6.63. The molecule has 1 atom stereocenters. The van der Waals surface area contributed by atoms with E-state index in [0.717, 1.165) is 11.3 Å². The van der Waals surface area contributed by atoms with Crippen molar-refractivity contribution >= 4 is 17.6 Å². The molecule has 1 aromatic heterocycles. The Kier molecular flexibility index (Phi) is 4.24. The predicted octanol–water partition coefficient (Wildman–Crippen LogP) is 1.69. The van der Waals surface area contributed by atoms with Crippen molar-refractivity contribution in [3.63, 3.8) is 0 Å². The smallest absolute Gasteiger partial charge is 0.269 e. The molecule has 0 radical (unpaired) electrons. The Balaban J connectivity index is 1.81. The Hall–Kier alpha value is -3.41. The number of fused-ring (bicyclic) bond motifs is 1. The number of nitrogens with one attached hydrogen (secondary N) is 3. The van der Waals surface area contributed by atoms with Crippen LogP contribution in [0.15, 0.2) is 59.4 Å². The molecule has 0 aliphatic carbocycles. The molecule has 0 saturated carbocycles. The minimum absolute atomic E-state index is 0.0999. The molecule has 0 amide bonds. The number of hydrogen-bond acceptors (Lipinski definition) is 4. The molecule has 3 aromatic rings. The van der Waals surface area contributed by atoms with Crippen molar-refractivity contribution in [2.24, 2.45) is 0 Å². The van der Waals surface area contributed by atoms with Crippen molar-refractivity contribution in [3.8, 4) is 0 Å². The summed E-state index contributed by atoms with van der Waals surface area (Å²) in [6, 6.07) is 17.5. The summed E-state index contributed by atoms with van der Waals surface area (Å²) in [7, 11) is 0. The van der Waals surface area contributed by atoms with Gasteiger partial charge in [-0.25, -0.2) is 20.2 Å². The van der Waals surface area contributed by atoms with E-state index in [4.69, 9.17) is 0 Å². The second kappa shape index (κ2) is 6.72. The van der Waals surface area contributed by atoms with Crippen LogP contribution in [0.25, 0.3) is 0 Å². The largest absolute Gasteiger partial charge is 0.357 e. The molecule has 3 N–H and O–H groups in total. The zero-order valence-corrected chi connectivity index (χ0v) is 15.6. The molecule has 2 aromatic carbocycles. The maximum absolute atomic E-state index is 12.6. The molecular weight excluding hydrogens is 338 g/mol. The Morgan fingerprint density at radius 1 is 1.07 bits per heavy atom. The first-order valence-electron chi connectivity index (χ1n) is 8.92. The van der Waals surface area contributed by atoms with E-state index in [-0.39, 0.29) is 11.7 Å². The van der Waals surface area contributed by atoms with Gasteiger partial charge in [-0.3, -0.25) is 9.79 Å². The molecule has 2 heterocycles. The van der Waals surface area contributed by atoms with Gasteiger partial charge in [-0.15, -0.1) is 0 Å². The van der Waals surface area contributed by atoms with E-state index >= 15 is 0 Å². The number of aromatic nitrogens is 2. The second-order valence-corrected chi connectivity index (χ2v) is 6.76. The third kappa shape index (κ3) is 3.21. The maximum atomic E-state index is 12.6. The molecule has 0 spiro atoms. The van der Waals surface area contributed by atoms with Gasteiger partial charge in [0.1, 0.15) is 5.69 Å². The van der Waals surface area contributed by atoms with Gasteiger partial charge in [-0.1, -0.05) is 42.5 Å². The average Bonchev–Trinajstić information content (AvgIpc) is 2.65. The summed E-state index contributed by atoms with van der Waals surface area (Å²) < 4.78 is 1.64. The van der Waals surface area contributed by atoms with Crippen LogP contribution in [-0.2, 0) is 0 Å². The summed E-state index contributed by atoms with van der Waals surface area (Å²) in [5.74, 6) is 1.20. The van der Waals surface area contributed by atoms with Gasteiger partial charge >= 0.3 is 5.96 Å². The average molecular weight is 360 g/mol. The van der Waals surface area contributed by atoms with E-state index in [1.54, 1.807) is 10.6 Å². The van der Waals surface area contributed by atoms with Crippen LogP contribution in [0.4, 0.5) is 11.6 Å². The molecule has 1 aliphatic rings. The fraction of sp³-hybridized carbons (Fsp3) is 0.190. The Labute approximate surface area is 157 Å². The van der Waals surface area contributed by atoms with Crippen LogP contribution in [0.3, 0.4) is 0 Å². The molecule has 136 valence electrons. The molecule has 0 bridgehead atoms. The quantitative estimate of drug-likeness (QED) is 0.650. The van der Waals surface area contributed by atoms with Gasteiger partial charge in [0, 0.05) is 17.3 Å². The van der Waals surface area contributed by atoms with Crippen LogP contribution in [0, 0.1) is 20.8 Å². The molecule has 1 aliphatic heterocycles. The third-order valence-corrected chi connectivity index (χ3v) is 4.84. The zero-order chi connectivity index (χ0) is 19.0. The number of rotatable bonds is 2. The Morgan fingerprint density at radius 3 is 2.63 bits per heavy atom. The number of hydrogen-bond donors (Lipinski definition) is 3. The van der Waals surface area contributed by atoms with Gasteiger partial charge in [0.15, 0.2) is 6.17 Å². The van der Waals surface area contributed by atoms with Crippen LogP contribution in [-0.4, -0.2) is 15.5 Å². The van der Waals surface area contributed by atoms with Crippen molar-refractivity contribution in [1.82, 2.24) is 9.55 Å². The van der Waals surface area contributed by atoms with Crippen molar-refractivity contribution in [2.75, 3.05) is 10.6 Å². The van der Waals surface area contributed by atoms with Gasteiger partial charge in [-0.2, -0.15) is 0 Å². The van der Waals surface area contributed by atoms with Gasteiger partial charge in [0.05, 0.1) is 0 Å². The Bertz CT molecular complexity index is 1090. The van der Waals surface area contributed by atoms with Crippen LogP contribution in [0.1, 0.15) is 28.6 Å². The number of anilines is 2. The molecule has 4 rings (SSSR count). The molecule has 0 unspecified atom stereocenters. The summed E-state index contributed by atoms with van der Waals surface area (Å²) >= 11 is 0. The van der Waals surface area contributed by atoms with Crippen LogP contribution < -0.4 is 21.2 Å². The van der Waals surface area contributed by atoms with E-state index in [2.05, 4.69) is 40.5 Å². The van der Waals surface area contributed by atoms with E-state index in [9.17, 15) is 4.79 Å². The lowest BCUT2D eigenvalue weighted by Crippen LogP contribution is -2.82. The molecular formula is C21H22N5O+. The highest BCUT2D eigenvalue weighted by molar-refractivity contribution is 5.99. The summed E-state index contributed by atoms with van der Waals surface area (Å²) in [6.07, 6.45) is -0.351. The molecule has 27 heavy (non-hydrogen) atoms. The highest BCUT2D eigenvalue weighted by Crippen LogP contribution is 2.19. The van der Waals surface area contributed by atoms with E-state index in [1.807, 2.05) is 49.4 Å². The normalized spacial score (nSPS) is 15.5. The van der Waals surface area contributed by atoms with E-state index in [1.165, 1.54) is 11.1 Å². The van der Waals surface area contributed by atoms with Gasteiger partial charge in [0.2, 0.25) is 0 Å². The summed E-state index contributed by atoms with van der Waals surface area (Å²) in [6.45, 7) is 5.98. The van der Waals surface area contributed by atoms with Gasteiger partial charge in [-0.05, 0) is 38.0 Å². The van der Waals surface area contributed by atoms with Crippen molar-refractivity contribution in [1.29, 1.82) is 0 Å². The number of guanidine groups is 1. The number of nitrogens with zero attached hydrogens (tertiary/aromatic N) is 2. The standard InChI is InChI=1S/C21H21N5O/c1-13-8-7-11-17(15(13)3)23-20-24-19(16-9-5-4-6-10-16)26-18(27)12-14(2)22-21(26)25-20/h4-12,19H,1-3H3,(H2,22,23,24,25)/p+1/t19-/m1/s1. The minimum Gasteiger partial charge on any atom is -0.269 e. The Morgan fingerprint density at radius 2 is 1.85 bits per heavy atom. The molecule has 6 heteroatoms. The predicted molar refractivity (Wildman–Crippen MR) is 107 cm³/mol. The summed E-state index contributed by atoms with van der Waals surface area (Å²) in [5.41, 5.74) is 4.94. The van der Waals surface area contributed by atoms with Crippen molar-refractivity contribution in [2.45, 2.75) is 26.9 Å². The fourth-order valence-electron chi connectivity index (χ4n) is 3.25. The van der Waals surface area contributed by atoms with Crippen molar-refractivity contribution < 1.29 is 4.99 Å². The first-order valence-corrected chi connectivity index (χ1v) is 8.92. The number of aryl methyl sites for hydroxylation is 2. The lowest BCUT2D eigenvalue weighted by atomic mass is 10.1. The lowest BCUT2D eigenvalue weighted by Gasteiger charge is -2.23. The molecule has 0 fully saturated rings. The zero-order valence-electron chi connectivity index (χ0n) is 15.6. The second-order valence-electron chi connectivity index (χ2n) is 6.76. The molecule has 6 nitrogen and oxygen atoms in total. The van der Waals surface area contributed by atoms with E-state index in [0.29, 0.717) is 17.6 Å². The monoisotopic (exact) mass is 360 g/mol. The van der Waals surface area contributed by atoms with Gasteiger partial charge < -0.3 is 0 Å². The topological polar surface area (TPSA) is 72.9 Å². The fourth-order valence-corrected chi connectivity index (χ4v) is 3.25. The first kappa shape index (κ1) is 17.0. The molecule has 0 saturated heterocycles. The van der Waals surface area contributed by atoms with Crippen LogP contribution >= 0.6 is 0 Å².